The third kappa shape index (κ3) is 12.0. The van der Waals surface area contributed by atoms with Crippen molar-refractivity contribution in [2.45, 2.75) is 47.1 Å². The second-order valence-corrected chi connectivity index (χ2v) is 5.40. The van der Waals surface area contributed by atoms with Gasteiger partial charge in [0.15, 0.2) is 0 Å². The van der Waals surface area contributed by atoms with E-state index >= 15 is 0 Å². The summed E-state index contributed by atoms with van der Waals surface area (Å²) in [6.07, 6.45) is 1.39. The molecule has 0 rings (SSSR count). The average Bonchev–Trinajstić information content (AvgIpc) is 2.18. The molecule has 0 saturated carbocycles. The second-order valence-electron chi connectivity index (χ2n) is 5.40. The topological polar surface area (TPSA) is 30.5 Å². The van der Waals surface area contributed by atoms with Crippen molar-refractivity contribution < 1.29 is 9.47 Å². The van der Waals surface area contributed by atoms with Gasteiger partial charge >= 0.3 is 0 Å². The van der Waals surface area contributed by atoms with Crippen molar-refractivity contribution in [3.05, 3.63) is 0 Å². The molecule has 0 aromatic heterocycles. The van der Waals surface area contributed by atoms with Gasteiger partial charge in [-0.05, 0) is 32.2 Å². The predicted octanol–water partition coefficient (Wildman–Crippen LogP) is 2.45. The zero-order valence-corrected chi connectivity index (χ0v) is 11.6. The Morgan fingerprint density at radius 1 is 1.19 bits per heavy atom. The lowest BCUT2D eigenvalue weighted by atomic mass is 9.92. The molecule has 0 amide bonds. The predicted molar refractivity (Wildman–Crippen MR) is 68.8 cm³/mol. The number of rotatable bonds is 9. The third-order valence-corrected chi connectivity index (χ3v) is 2.29. The van der Waals surface area contributed by atoms with Gasteiger partial charge in [-0.25, -0.2) is 0 Å². The molecule has 0 radical (unpaired) electrons. The largest absolute Gasteiger partial charge is 0.379 e. The molecule has 98 valence electrons. The van der Waals surface area contributed by atoms with Crippen LogP contribution in [0.2, 0.25) is 0 Å². The fraction of sp³-hybridized carbons (Fsp3) is 1.00. The van der Waals surface area contributed by atoms with Gasteiger partial charge in [-0.2, -0.15) is 0 Å². The first kappa shape index (κ1) is 15.9. The number of hydrogen-bond acceptors (Lipinski definition) is 3. The second kappa shape index (κ2) is 8.97. The van der Waals surface area contributed by atoms with E-state index in [1.165, 1.54) is 6.42 Å². The van der Waals surface area contributed by atoms with Crippen LogP contribution in [-0.2, 0) is 9.47 Å². The molecule has 0 aliphatic rings. The highest BCUT2D eigenvalue weighted by Gasteiger charge is 2.08. The summed E-state index contributed by atoms with van der Waals surface area (Å²) in [5.74, 6) is 0. The molecule has 0 fully saturated rings. The van der Waals surface area contributed by atoms with Crippen molar-refractivity contribution in [2.24, 2.45) is 5.41 Å². The summed E-state index contributed by atoms with van der Waals surface area (Å²) < 4.78 is 10.9. The monoisotopic (exact) mass is 231 g/mol. The Bertz CT molecular complexity index is 155. The van der Waals surface area contributed by atoms with E-state index in [0.29, 0.717) is 12.0 Å². The first-order valence-corrected chi connectivity index (χ1v) is 6.36. The van der Waals surface area contributed by atoms with Crippen LogP contribution < -0.4 is 5.32 Å². The molecule has 1 N–H and O–H groups in total. The number of nitrogens with one attached hydrogen (secondary N) is 1. The maximum Gasteiger partial charge on any atom is 0.0781 e. The summed E-state index contributed by atoms with van der Waals surface area (Å²) in [7, 11) is 0. The van der Waals surface area contributed by atoms with E-state index in [0.717, 1.165) is 26.3 Å². The molecule has 0 aliphatic heterocycles. The Balaban J connectivity index is 3.20. The number of ether oxygens (including phenoxy) is 2. The molecule has 1 unspecified atom stereocenters. The van der Waals surface area contributed by atoms with Gasteiger partial charge in [0, 0.05) is 13.2 Å². The number of hydrogen-bond donors (Lipinski definition) is 1. The van der Waals surface area contributed by atoms with Crippen LogP contribution in [0.15, 0.2) is 0 Å². The summed E-state index contributed by atoms with van der Waals surface area (Å²) in [6, 6.07) is 0. The Kier molecular flexibility index (Phi) is 8.90. The molecule has 3 heteroatoms. The van der Waals surface area contributed by atoms with Crippen LogP contribution in [0.25, 0.3) is 0 Å². The van der Waals surface area contributed by atoms with E-state index in [1.54, 1.807) is 0 Å². The van der Waals surface area contributed by atoms with E-state index in [1.807, 2.05) is 13.8 Å². The molecular formula is C13H29NO2. The standard InChI is InChI=1S/C13H29NO2/c1-6-15-11-12(2)16-10-9-14-8-7-13(3,4)5/h12,14H,6-11H2,1-5H3. The molecule has 0 aromatic rings. The summed E-state index contributed by atoms with van der Waals surface area (Å²) in [5.41, 5.74) is 0.413. The minimum Gasteiger partial charge on any atom is -0.379 e. The first-order chi connectivity index (χ1) is 7.45. The highest BCUT2D eigenvalue weighted by Crippen LogP contribution is 2.16. The summed E-state index contributed by atoms with van der Waals surface area (Å²) in [4.78, 5) is 0. The molecular weight excluding hydrogens is 202 g/mol. The first-order valence-electron chi connectivity index (χ1n) is 6.36. The zero-order valence-electron chi connectivity index (χ0n) is 11.6. The molecule has 0 bridgehead atoms. The van der Waals surface area contributed by atoms with Gasteiger partial charge in [0.25, 0.3) is 0 Å². The van der Waals surface area contributed by atoms with E-state index in [-0.39, 0.29) is 6.10 Å². The van der Waals surface area contributed by atoms with Crippen LogP contribution in [-0.4, -0.2) is 39.0 Å². The molecule has 0 aliphatic carbocycles. The Hall–Kier alpha value is -0.120. The van der Waals surface area contributed by atoms with Gasteiger partial charge in [0.05, 0.1) is 19.3 Å². The van der Waals surface area contributed by atoms with Gasteiger partial charge in [0.2, 0.25) is 0 Å². The van der Waals surface area contributed by atoms with Crippen molar-refractivity contribution in [2.75, 3.05) is 32.9 Å². The van der Waals surface area contributed by atoms with Gasteiger partial charge in [-0.15, -0.1) is 0 Å². The normalized spacial score (nSPS) is 14.1. The van der Waals surface area contributed by atoms with Gasteiger partial charge in [-0.1, -0.05) is 20.8 Å². The molecule has 0 spiro atoms. The fourth-order valence-corrected chi connectivity index (χ4v) is 1.25. The lowest BCUT2D eigenvalue weighted by Gasteiger charge is -2.18. The van der Waals surface area contributed by atoms with Crippen LogP contribution in [0.3, 0.4) is 0 Å². The van der Waals surface area contributed by atoms with Crippen molar-refractivity contribution in [3.63, 3.8) is 0 Å². The lowest BCUT2D eigenvalue weighted by molar-refractivity contribution is -0.00195. The highest BCUT2D eigenvalue weighted by atomic mass is 16.5. The van der Waals surface area contributed by atoms with E-state index in [4.69, 9.17) is 9.47 Å². The van der Waals surface area contributed by atoms with Crippen molar-refractivity contribution in [1.82, 2.24) is 5.32 Å². The molecule has 16 heavy (non-hydrogen) atoms. The van der Waals surface area contributed by atoms with E-state index < -0.39 is 0 Å². The minimum absolute atomic E-state index is 0.198. The quantitative estimate of drug-likeness (QED) is 0.618. The maximum absolute atomic E-state index is 5.59. The maximum atomic E-state index is 5.59. The third-order valence-electron chi connectivity index (χ3n) is 2.29. The zero-order chi connectivity index (χ0) is 12.4. The Morgan fingerprint density at radius 3 is 2.44 bits per heavy atom. The van der Waals surface area contributed by atoms with E-state index in [9.17, 15) is 0 Å². The molecule has 0 aromatic carbocycles. The van der Waals surface area contributed by atoms with Gasteiger partial charge in [0.1, 0.15) is 0 Å². The SMILES string of the molecule is CCOCC(C)OCCNCCC(C)(C)C. The van der Waals surface area contributed by atoms with Crippen LogP contribution in [0, 0.1) is 5.41 Å². The molecule has 1 atom stereocenters. The highest BCUT2D eigenvalue weighted by molar-refractivity contribution is 4.62. The Labute approximate surface area is 101 Å². The van der Waals surface area contributed by atoms with Gasteiger partial charge in [-0.3, -0.25) is 0 Å². The minimum atomic E-state index is 0.198. The lowest BCUT2D eigenvalue weighted by Crippen LogP contribution is -2.26. The van der Waals surface area contributed by atoms with Crippen molar-refractivity contribution >= 4 is 0 Å². The fourth-order valence-electron chi connectivity index (χ4n) is 1.25. The molecule has 0 saturated heterocycles. The Morgan fingerprint density at radius 2 is 1.88 bits per heavy atom. The molecule has 3 nitrogen and oxygen atoms in total. The summed E-state index contributed by atoms with van der Waals surface area (Å²) >= 11 is 0. The summed E-state index contributed by atoms with van der Waals surface area (Å²) in [6.45, 7) is 15.0. The van der Waals surface area contributed by atoms with Crippen LogP contribution in [0.4, 0.5) is 0 Å². The van der Waals surface area contributed by atoms with Crippen molar-refractivity contribution in [3.8, 4) is 0 Å². The van der Waals surface area contributed by atoms with Gasteiger partial charge < -0.3 is 14.8 Å². The van der Waals surface area contributed by atoms with Crippen LogP contribution >= 0.6 is 0 Å². The van der Waals surface area contributed by atoms with Crippen molar-refractivity contribution in [1.29, 1.82) is 0 Å². The average molecular weight is 231 g/mol. The summed E-state index contributed by atoms with van der Waals surface area (Å²) in [5, 5.41) is 3.39. The van der Waals surface area contributed by atoms with Crippen LogP contribution in [0.5, 0.6) is 0 Å². The molecule has 0 heterocycles. The smallest absolute Gasteiger partial charge is 0.0781 e. The van der Waals surface area contributed by atoms with E-state index in [2.05, 4.69) is 26.1 Å². The van der Waals surface area contributed by atoms with Crippen LogP contribution in [0.1, 0.15) is 41.0 Å².